The molecule has 50 heavy (non-hydrogen) atoms. The minimum atomic E-state index is -2.86. The zero-order valence-electron chi connectivity index (χ0n) is 30.3. The van der Waals surface area contributed by atoms with Crippen molar-refractivity contribution in [3.05, 3.63) is 42.0 Å². The van der Waals surface area contributed by atoms with Gasteiger partial charge in [0.05, 0.1) is 25.6 Å². The van der Waals surface area contributed by atoms with Crippen LogP contribution in [0.1, 0.15) is 117 Å². The second kappa shape index (κ2) is 25.8. The fraction of sp³-hybridized carbons (Fsp3) is 0.615. The first-order valence-electron chi connectivity index (χ1n) is 17.9. The van der Waals surface area contributed by atoms with Crippen LogP contribution in [0, 0.1) is 17.8 Å². The van der Waals surface area contributed by atoms with Crippen molar-refractivity contribution in [2.75, 3.05) is 19.8 Å². The van der Waals surface area contributed by atoms with Gasteiger partial charge in [0.15, 0.2) is 5.60 Å². The molecule has 1 aromatic carbocycles. The number of hydrogen-bond acceptors (Lipinski definition) is 9. The number of allylic oxidation sites excluding steroid dienone is 1. The first kappa shape index (κ1) is 43.9. The van der Waals surface area contributed by atoms with Crippen LogP contribution in [-0.4, -0.2) is 71.3 Å². The lowest BCUT2D eigenvalue weighted by Crippen LogP contribution is -2.55. The van der Waals surface area contributed by atoms with E-state index in [4.69, 9.17) is 14.2 Å². The van der Waals surface area contributed by atoms with Crippen molar-refractivity contribution in [1.29, 1.82) is 0 Å². The lowest BCUT2D eigenvalue weighted by Gasteiger charge is -2.30. The van der Waals surface area contributed by atoms with Gasteiger partial charge in [0.1, 0.15) is 24.2 Å². The molecule has 0 saturated heterocycles. The fourth-order valence-corrected chi connectivity index (χ4v) is 5.28. The van der Waals surface area contributed by atoms with Crippen LogP contribution >= 0.6 is 0 Å². The average molecular weight is 700 g/mol. The molecule has 3 atom stereocenters. The van der Waals surface area contributed by atoms with Crippen molar-refractivity contribution in [3.8, 4) is 17.6 Å². The van der Waals surface area contributed by atoms with Crippen LogP contribution in [0.25, 0.3) is 0 Å². The highest BCUT2D eigenvalue weighted by atomic mass is 16.5. The lowest BCUT2D eigenvalue weighted by atomic mass is 9.82. The number of hydrogen-bond donors (Lipinski definition) is 3. The number of ether oxygens (including phenoxy) is 3. The number of carboxylic acid groups (broad SMARTS) is 1. The summed E-state index contributed by atoms with van der Waals surface area (Å²) in [7, 11) is 0. The molecule has 1 rings (SSSR count). The Hall–Kier alpha value is -4.17. The summed E-state index contributed by atoms with van der Waals surface area (Å²) in [6.07, 6.45) is 12.2. The molecule has 0 heterocycles. The van der Waals surface area contributed by atoms with Gasteiger partial charge >= 0.3 is 17.9 Å². The summed E-state index contributed by atoms with van der Waals surface area (Å²) >= 11 is 0. The van der Waals surface area contributed by atoms with Crippen molar-refractivity contribution in [1.82, 2.24) is 5.32 Å². The van der Waals surface area contributed by atoms with E-state index in [1.807, 2.05) is 0 Å². The van der Waals surface area contributed by atoms with Crippen LogP contribution in [0.2, 0.25) is 0 Å². The number of Topliss-reactive ketones (excluding diaryl/α,β-unsaturated/α-hetero) is 1. The Morgan fingerprint density at radius 2 is 1.50 bits per heavy atom. The number of carbonyl (C=O) groups excluding carboxylic acids is 4. The predicted octanol–water partition coefficient (Wildman–Crippen LogP) is 5.89. The molecule has 1 aromatic rings. The number of rotatable bonds is 27. The highest BCUT2D eigenvalue weighted by molar-refractivity contribution is 5.95. The Morgan fingerprint density at radius 3 is 2.08 bits per heavy atom. The van der Waals surface area contributed by atoms with Gasteiger partial charge in [-0.15, -0.1) is 5.92 Å². The molecule has 0 aliphatic carbocycles. The number of benzene rings is 1. The smallest absolute Gasteiger partial charge is 0.337 e. The quantitative estimate of drug-likeness (QED) is 0.0436. The Balaban J connectivity index is 3.02. The second-order valence-corrected chi connectivity index (χ2v) is 12.1. The number of aliphatic hydroxyl groups is 1. The highest BCUT2D eigenvalue weighted by Gasteiger charge is 2.49. The third-order valence-electron chi connectivity index (χ3n) is 8.09. The molecule has 1 amide bonds. The molecule has 0 aromatic heterocycles. The normalized spacial score (nSPS) is 13.3. The van der Waals surface area contributed by atoms with Crippen LogP contribution in [0.4, 0.5) is 0 Å². The third-order valence-corrected chi connectivity index (χ3v) is 8.09. The summed E-state index contributed by atoms with van der Waals surface area (Å²) in [4.78, 5) is 63.6. The van der Waals surface area contributed by atoms with Crippen LogP contribution in [0.15, 0.2) is 36.4 Å². The number of amides is 1. The van der Waals surface area contributed by atoms with Crippen LogP contribution < -0.4 is 10.1 Å². The molecule has 0 saturated carbocycles. The molecule has 11 heteroatoms. The molecular formula is C39H57NO10. The summed E-state index contributed by atoms with van der Waals surface area (Å²) in [5.74, 6) is 0.135. The molecule has 0 bridgehead atoms. The van der Waals surface area contributed by atoms with Gasteiger partial charge in [-0.3, -0.25) is 14.4 Å². The van der Waals surface area contributed by atoms with E-state index < -0.39 is 47.8 Å². The summed E-state index contributed by atoms with van der Waals surface area (Å²) < 4.78 is 15.6. The summed E-state index contributed by atoms with van der Waals surface area (Å²) in [6, 6.07) is 5.58. The fourth-order valence-electron chi connectivity index (χ4n) is 5.28. The van der Waals surface area contributed by atoms with E-state index >= 15 is 0 Å². The number of aliphatic carboxylic acids is 1. The van der Waals surface area contributed by atoms with Crippen LogP contribution in [0.3, 0.4) is 0 Å². The van der Waals surface area contributed by atoms with E-state index in [0.717, 1.165) is 32.1 Å². The number of carboxylic acids is 1. The number of ketones is 1. The topological polar surface area (TPSA) is 166 Å². The number of esters is 2. The first-order chi connectivity index (χ1) is 24.0. The van der Waals surface area contributed by atoms with Gasteiger partial charge < -0.3 is 29.7 Å². The predicted molar refractivity (Wildman–Crippen MR) is 190 cm³/mol. The maximum Gasteiger partial charge on any atom is 0.337 e. The Kier molecular flexibility index (Phi) is 22.6. The first-order valence-corrected chi connectivity index (χ1v) is 17.9. The summed E-state index contributed by atoms with van der Waals surface area (Å²) in [5.41, 5.74) is -2.21. The molecule has 0 aliphatic heterocycles. The van der Waals surface area contributed by atoms with Gasteiger partial charge in [0, 0.05) is 19.3 Å². The third kappa shape index (κ3) is 17.5. The summed E-state index contributed by atoms with van der Waals surface area (Å²) in [5, 5.41) is 23.9. The minimum Gasteiger partial charge on any atom is -0.481 e. The maximum absolute atomic E-state index is 13.7. The van der Waals surface area contributed by atoms with Crippen molar-refractivity contribution in [3.63, 3.8) is 0 Å². The zero-order chi connectivity index (χ0) is 37.2. The van der Waals surface area contributed by atoms with E-state index in [0.29, 0.717) is 37.0 Å². The van der Waals surface area contributed by atoms with Crippen molar-refractivity contribution < 1.29 is 48.4 Å². The lowest BCUT2D eigenvalue weighted by molar-refractivity contribution is -0.174. The minimum absolute atomic E-state index is 0.000783. The standard InChI is InChI=1S/C39H57NO10/c1-5-9-11-14-17-20-31(41)21-18-15-12-13-16-19-22-33(39(47,38(45)46)29-35(42)48-7-3)36(43)40-34(37(44)49-8-4)28-30-23-25-32(26-24-30)50-27-10-6-2/h19,22-26,33-34,47H,5,7-9,11-18,20-21,27-29H2,1-4H3,(H,40,43)(H,45,46)/b22-19+/t33-,34+,39+/m1/s1. The van der Waals surface area contributed by atoms with Crippen LogP contribution in [0.5, 0.6) is 5.75 Å². The van der Waals surface area contributed by atoms with Gasteiger partial charge in [-0.2, -0.15) is 0 Å². The van der Waals surface area contributed by atoms with Gasteiger partial charge in [0.25, 0.3) is 0 Å². The van der Waals surface area contributed by atoms with Gasteiger partial charge in [-0.25, -0.2) is 9.59 Å². The van der Waals surface area contributed by atoms with E-state index in [-0.39, 0.29) is 32.0 Å². The molecule has 0 fully saturated rings. The van der Waals surface area contributed by atoms with E-state index in [1.54, 1.807) is 44.2 Å². The Bertz CT molecular complexity index is 1280. The summed E-state index contributed by atoms with van der Waals surface area (Å²) in [6.45, 7) is 7.21. The van der Waals surface area contributed by atoms with Crippen LogP contribution in [-0.2, 0) is 39.9 Å². The van der Waals surface area contributed by atoms with Crippen molar-refractivity contribution in [2.45, 2.75) is 129 Å². The zero-order valence-corrected chi connectivity index (χ0v) is 30.3. The molecular weight excluding hydrogens is 642 g/mol. The number of unbranched alkanes of at least 4 members (excludes halogenated alkanes) is 8. The van der Waals surface area contributed by atoms with Gasteiger partial charge in [0.2, 0.25) is 5.91 Å². The van der Waals surface area contributed by atoms with Crippen molar-refractivity contribution >= 4 is 29.6 Å². The van der Waals surface area contributed by atoms with E-state index in [2.05, 4.69) is 24.1 Å². The van der Waals surface area contributed by atoms with Crippen molar-refractivity contribution in [2.24, 2.45) is 5.92 Å². The number of carbonyl (C=O) groups is 5. The molecule has 0 aliphatic rings. The molecule has 0 radical (unpaired) electrons. The Morgan fingerprint density at radius 1 is 0.880 bits per heavy atom. The Labute approximate surface area is 297 Å². The second-order valence-electron chi connectivity index (χ2n) is 12.1. The largest absolute Gasteiger partial charge is 0.481 e. The SMILES string of the molecule is CC#CCOc1ccc(C[C@H](NC(=O)[C@@H](/C=C/CCCCCCC(=O)CCCCCCC)[C@@](O)(CC(=O)OCC)C(=O)O)C(=O)OCC)cc1. The monoisotopic (exact) mass is 699 g/mol. The highest BCUT2D eigenvalue weighted by Crippen LogP contribution is 2.26. The van der Waals surface area contributed by atoms with Gasteiger partial charge in [-0.1, -0.05) is 75.7 Å². The van der Waals surface area contributed by atoms with E-state index in [9.17, 15) is 34.2 Å². The molecule has 3 N–H and O–H groups in total. The maximum atomic E-state index is 13.7. The van der Waals surface area contributed by atoms with E-state index in [1.165, 1.54) is 32.3 Å². The number of nitrogens with one attached hydrogen (secondary N) is 1. The molecule has 0 unspecified atom stereocenters. The van der Waals surface area contributed by atoms with Gasteiger partial charge in [-0.05, 0) is 64.2 Å². The average Bonchev–Trinajstić information content (AvgIpc) is 3.08. The molecule has 0 spiro atoms. The molecule has 11 nitrogen and oxygen atoms in total. The molecule has 278 valence electrons.